The molecule has 4 aliphatic carbocycles. The third kappa shape index (κ3) is 1.75. The van der Waals surface area contributed by atoms with E-state index in [1.807, 2.05) is 0 Å². The Bertz CT molecular complexity index is 370. The van der Waals surface area contributed by atoms with Gasteiger partial charge in [-0.2, -0.15) is 0 Å². The third-order valence-corrected chi connectivity index (χ3v) is 7.16. The fourth-order valence-electron chi connectivity index (χ4n) is 7.03. The molecule has 6 aliphatic rings. The lowest BCUT2D eigenvalue weighted by Gasteiger charge is -2.61. The van der Waals surface area contributed by atoms with Crippen LogP contribution in [0.3, 0.4) is 0 Å². The Labute approximate surface area is 121 Å². The predicted molar refractivity (Wildman–Crippen MR) is 76.2 cm³/mol. The van der Waals surface area contributed by atoms with Crippen molar-refractivity contribution in [2.24, 2.45) is 29.6 Å². The van der Waals surface area contributed by atoms with Crippen molar-refractivity contribution >= 4 is 0 Å². The number of rotatable bonds is 1. The van der Waals surface area contributed by atoms with Gasteiger partial charge in [-0.05, 0) is 74.5 Å². The van der Waals surface area contributed by atoms with E-state index in [2.05, 4.69) is 5.32 Å². The molecule has 2 N–H and O–H groups in total. The van der Waals surface area contributed by atoms with Crippen LogP contribution in [0.2, 0.25) is 0 Å². The van der Waals surface area contributed by atoms with Gasteiger partial charge in [0.15, 0.2) is 0 Å². The van der Waals surface area contributed by atoms with Gasteiger partial charge in [-0.1, -0.05) is 0 Å². The Balaban J connectivity index is 1.44. The first-order valence-corrected chi connectivity index (χ1v) is 8.76. The normalized spacial score (nSPS) is 60.8. The minimum Gasteiger partial charge on any atom is -0.389 e. The standard InChI is InChI=1S/C17H27NO2/c19-17(6-14-8-20-9-15(7-17)18-14)16-12-2-10-1-11(4-12)5-13(16)3-10/h10-16,18-19H,1-9H2. The van der Waals surface area contributed by atoms with Crippen molar-refractivity contribution in [3.63, 3.8) is 0 Å². The number of hydrogen-bond donors (Lipinski definition) is 2. The number of nitrogens with one attached hydrogen (secondary N) is 1. The first-order valence-electron chi connectivity index (χ1n) is 8.76. The summed E-state index contributed by atoms with van der Waals surface area (Å²) < 4.78 is 5.66. The molecule has 0 amide bonds. The van der Waals surface area contributed by atoms with E-state index >= 15 is 0 Å². The zero-order chi connectivity index (χ0) is 13.3. The number of aliphatic hydroxyl groups is 1. The molecular weight excluding hydrogens is 250 g/mol. The van der Waals surface area contributed by atoms with Crippen LogP contribution in [0.25, 0.3) is 0 Å². The molecule has 2 atom stereocenters. The smallest absolute Gasteiger partial charge is 0.0712 e. The number of fused-ring (bicyclic) bond motifs is 2. The zero-order valence-corrected chi connectivity index (χ0v) is 12.3. The Kier molecular flexibility index (Phi) is 2.61. The van der Waals surface area contributed by atoms with Gasteiger partial charge in [-0.15, -0.1) is 0 Å². The molecule has 20 heavy (non-hydrogen) atoms. The molecule has 2 heterocycles. The van der Waals surface area contributed by atoms with Crippen LogP contribution in [0.15, 0.2) is 0 Å². The lowest BCUT2D eigenvalue weighted by atomic mass is 9.47. The molecule has 0 aromatic heterocycles. The van der Waals surface area contributed by atoms with Crippen molar-refractivity contribution in [3.8, 4) is 0 Å². The molecule has 0 aromatic rings. The third-order valence-electron chi connectivity index (χ3n) is 7.16. The summed E-state index contributed by atoms with van der Waals surface area (Å²) in [5.74, 6) is 4.26. The minimum absolute atomic E-state index is 0.393. The average molecular weight is 277 g/mol. The molecule has 6 fully saturated rings. The van der Waals surface area contributed by atoms with E-state index in [0.717, 1.165) is 49.7 Å². The molecular formula is C17H27NO2. The van der Waals surface area contributed by atoms with E-state index in [1.54, 1.807) is 0 Å². The molecule has 112 valence electrons. The highest BCUT2D eigenvalue weighted by atomic mass is 16.5. The van der Waals surface area contributed by atoms with Crippen LogP contribution in [0.5, 0.6) is 0 Å². The Morgan fingerprint density at radius 1 is 0.850 bits per heavy atom. The fourth-order valence-corrected chi connectivity index (χ4v) is 7.03. The van der Waals surface area contributed by atoms with E-state index in [1.165, 1.54) is 32.1 Å². The van der Waals surface area contributed by atoms with Crippen LogP contribution in [-0.2, 0) is 4.74 Å². The number of piperidine rings is 1. The van der Waals surface area contributed by atoms with E-state index in [-0.39, 0.29) is 0 Å². The van der Waals surface area contributed by atoms with E-state index < -0.39 is 5.60 Å². The van der Waals surface area contributed by atoms with Gasteiger partial charge in [0.25, 0.3) is 0 Å². The van der Waals surface area contributed by atoms with Gasteiger partial charge in [0.1, 0.15) is 0 Å². The molecule has 0 spiro atoms. The summed E-state index contributed by atoms with van der Waals surface area (Å²) >= 11 is 0. The second kappa shape index (κ2) is 4.21. The lowest BCUT2D eigenvalue weighted by Crippen LogP contribution is -2.65. The van der Waals surface area contributed by atoms with Crippen molar-refractivity contribution in [1.29, 1.82) is 0 Å². The van der Waals surface area contributed by atoms with Gasteiger partial charge in [0.05, 0.1) is 18.8 Å². The Morgan fingerprint density at radius 3 is 1.95 bits per heavy atom. The molecule has 3 heteroatoms. The number of hydrogen-bond acceptors (Lipinski definition) is 3. The van der Waals surface area contributed by atoms with Gasteiger partial charge >= 0.3 is 0 Å². The van der Waals surface area contributed by atoms with Gasteiger partial charge in [0, 0.05) is 12.1 Å². The lowest BCUT2D eigenvalue weighted by molar-refractivity contribution is -0.176. The molecule has 6 bridgehead atoms. The number of ether oxygens (including phenoxy) is 1. The van der Waals surface area contributed by atoms with Gasteiger partial charge in [0.2, 0.25) is 0 Å². The van der Waals surface area contributed by atoms with Gasteiger partial charge in [-0.3, -0.25) is 0 Å². The Hall–Kier alpha value is -0.120. The molecule has 0 aromatic carbocycles. The molecule has 3 nitrogen and oxygen atoms in total. The zero-order valence-electron chi connectivity index (χ0n) is 12.3. The SMILES string of the molecule is OC1(C2C3CC4CC(C3)CC2C4)CC2COCC(C1)N2. The van der Waals surface area contributed by atoms with E-state index in [4.69, 9.17) is 4.74 Å². The summed E-state index contributed by atoms with van der Waals surface area (Å²) in [6, 6.07) is 0.786. The highest BCUT2D eigenvalue weighted by Gasteiger charge is 2.57. The molecule has 2 aliphatic heterocycles. The van der Waals surface area contributed by atoms with Crippen LogP contribution >= 0.6 is 0 Å². The van der Waals surface area contributed by atoms with Crippen LogP contribution in [0, 0.1) is 29.6 Å². The first-order chi connectivity index (χ1) is 9.69. The van der Waals surface area contributed by atoms with Gasteiger partial charge in [-0.25, -0.2) is 0 Å². The molecule has 2 saturated heterocycles. The predicted octanol–water partition coefficient (Wildman–Crippen LogP) is 1.94. The summed E-state index contributed by atoms with van der Waals surface area (Å²) in [5.41, 5.74) is -0.396. The maximum absolute atomic E-state index is 11.5. The van der Waals surface area contributed by atoms with Crippen molar-refractivity contribution in [3.05, 3.63) is 0 Å². The van der Waals surface area contributed by atoms with E-state index in [9.17, 15) is 5.11 Å². The molecule has 2 unspecified atom stereocenters. The van der Waals surface area contributed by atoms with Crippen molar-refractivity contribution in [2.75, 3.05) is 13.2 Å². The van der Waals surface area contributed by atoms with Crippen LogP contribution < -0.4 is 5.32 Å². The monoisotopic (exact) mass is 277 g/mol. The average Bonchev–Trinajstić information content (AvgIpc) is 2.36. The maximum atomic E-state index is 11.5. The fraction of sp³-hybridized carbons (Fsp3) is 1.00. The molecule has 0 radical (unpaired) electrons. The summed E-state index contributed by atoms with van der Waals surface area (Å²) in [6.45, 7) is 1.60. The molecule has 6 rings (SSSR count). The minimum atomic E-state index is -0.396. The highest BCUT2D eigenvalue weighted by Crippen LogP contribution is 2.60. The first kappa shape index (κ1) is 12.4. The Morgan fingerprint density at radius 2 is 1.40 bits per heavy atom. The summed E-state index contributed by atoms with van der Waals surface area (Å²) in [6.07, 6.45) is 9.02. The second-order valence-corrected chi connectivity index (χ2v) is 8.57. The van der Waals surface area contributed by atoms with Gasteiger partial charge < -0.3 is 15.2 Å². The quantitative estimate of drug-likeness (QED) is 0.769. The van der Waals surface area contributed by atoms with Crippen LogP contribution in [0.1, 0.15) is 44.9 Å². The van der Waals surface area contributed by atoms with Crippen molar-refractivity contribution in [2.45, 2.75) is 62.6 Å². The topological polar surface area (TPSA) is 41.5 Å². The van der Waals surface area contributed by atoms with Crippen molar-refractivity contribution < 1.29 is 9.84 Å². The van der Waals surface area contributed by atoms with E-state index in [0.29, 0.717) is 18.0 Å². The molecule has 4 saturated carbocycles. The van der Waals surface area contributed by atoms with Crippen LogP contribution in [0.4, 0.5) is 0 Å². The maximum Gasteiger partial charge on any atom is 0.0712 e. The highest BCUT2D eigenvalue weighted by molar-refractivity contribution is 5.09. The summed E-state index contributed by atoms with van der Waals surface area (Å²) in [4.78, 5) is 0. The largest absolute Gasteiger partial charge is 0.389 e. The van der Waals surface area contributed by atoms with Crippen LogP contribution in [-0.4, -0.2) is 36.0 Å². The second-order valence-electron chi connectivity index (χ2n) is 8.57. The van der Waals surface area contributed by atoms with Crippen molar-refractivity contribution in [1.82, 2.24) is 5.32 Å². The number of morpholine rings is 1. The summed E-state index contributed by atoms with van der Waals surface area (Å²) in [7, 11) is 0. The summed E-state index contributed by atoms with van der Waals surface area (Å²) in [5, 5.41) is 15.2.